The van der Waals surface area contributed by atoms with Gasteiger partial charge >= 0.3 is 0 Å². The zero-order chi connectivity index (χ0) is 19.4. The van der Waals surface area contributed by atoms with Crippen LogP contribution in [0.2, 0.25) is 0 Å². The maximum Gasteiger partial charge on any atom is 0.259 e. The first kappa shape index (κ1) is 18.9. The number of nitrogens with one attached hydrogen (secondary N) is 1. The molecule has 1 aliphatic heterocycles. The second-order valence-electron chi connectivity index (χ2n) is 6.94. The number of aryl methyl sites for hydroxylation is 1. The van der Waals surface area contributed by atoms with Gasteiger partial charge in [0, 0.05) is 43.3 Å². The molecule has 1 amide bonds. The Morgan fingerprint density at radius 2 is 1.81 bits per heavy atom. The van der Waals surface area contributed by atoms with Gasteiger partial charge in [-0.25, -0.2) is 0 Å². The monoisotopic (exact) mass is 364 g/mol. The van der Waals surface area contributed by atoms with Crippen molar-refractivity contribution in [2.24, 2.45) is 5.92 Å². The van der Waals surface area contributed by atoms with Crippen molar-refractivity contribution in [1.29, 1.82) is 5.41 Å². The molecular weight excluding hydrogens is 340 g/mol. The predicted octanol–water partition coefficient (Wildman–Crippen LogP) is 3.15. The summed E-state index contributed by atoms with van der Waals surface area (Å²) < 4.78 is 0. The predicted molar refractivity (Wildman–Crippen MR) is 106 cm³/mol. The Labute approximate surface area is 159 Å². The Balaban J connectivity index is 1.86. The topological polar surface area (TPSA) is 84.6 Å². The number of benzene rings is 2. The van der Waals surface area contributed by atoms with Gasteiger partial charge in [0.05, 0.1) is 5.57 Å². The average Bonchev–Trinajstić information content (AvgIpc) is 3.14. The molecule has 2 atom stereocenters. The number of amides is 1. The number of carbonyl (C=O) groups is 1. The van der Waals surface area contributed by atoms with E-state index in [0.29, 0.717) is 18.7 Å². The van der Waals surface area contributed by atoms with Crippen LogP contribution in [-0.4, -0.2) is 46.9 Å². The lowest BCUT2D eigenvalue weighted by atomic mass is 9.90. The van der Waals surface area contributed by atoms with Crippen molar-refractivity contribution >= 4 is 17.9 Å². The van der Waals surface area contributed by atoms with Crippen LogP contribution in [0.15, 0.2) is 60.2 Å². The second kappa shape index (κ2) is 8.18. The number of likely N-dealkylation sites (tertiary alicyclic amines) is 1. The molecule has 1 aliphatic rings. The number of rotatable bonds is 5. The fourth-order valence-electron chi connectivity index (χ4n) is 3.57. The Morgan fingerprint density at radius 3 is 2.41 bits per heavy atom. The normalized spacial score (nSPS) is 20.3. The molecular formula is C22H24N2O3. The molecule has 2 aromatic carbocycles. The van der Waals surface area contributed by atoms with Crippen LogP contribution >= 0.6 is 0 Å². The van der Waals surface area contributed by atoms with Gasteiger partial charge in [0.1, 0.15) is 5.76 Å². The maximum atomic E-state index is 13.0. The molecule has 0 spiro atoms. The van der Waals surface area contributed by atoms with Crippen LogP contribution in [0.1, 0.15) is 22.6 Å². The molecule has 0 bridgehead atoms. The lowest BCUT2D eigenvalue weighted by Crippen LogP contribution is -2.31. The van der Waals surface area contributed by atoms with E-state index in [2.05, 4.69) is 0 Å². The third-order valence-corrected chi connectivity index (χ3v) is 5.15. The molecule has 5 heteroatoms. The summed E-state index contributed by atoms with van der Waals surface area (Å²) in [5.74, 6) is -0.614. The van der Waals surface area contributed by atoms with Gasteiger partial charge in [-0.05, 0) is 12.5 Å². The van der Waals surface area contributed by atoms with Crippen molar-refractivity contribution in [2.45, 2.75) is 12.8 Å². The molecule has 2 unspecified atom stereocenters. The average molecular weight is 364 g/mol. The van der Waals surface area contributed by atoms with E-state index in [-0.39, 0.29) is 35.7 Å². The van der Waals surface area contributed by atoms with E-state index in [1.54, 1.807) is 17.0 Å². The molecule has 27 heavy (non-hydrogen) atoms. The van der Waals surface area contributed by atoms with Crippen LogP contribution in [0.4, 0.5) is 0 Å². The molecule has 0 aliphatic carbocycles. The summed E-state index contributed by atoms with van der Waals surface area (Å²) in [6.07, 6.45) is 0.904. The highest BCUT2D eigenvalue weighted by Gasteiger charge is 2.37. The van der Waals surface area contributed by atoms with Crippen molar-refractivity contribution in [1.82, 2.24) is 4.90 Å². The van der Waals surface area contributed by atoms with Crippen LogP contribution in [-0.2, 0) is 4.79 Å². The van der Waals surface area contributed by atoms with E-state index in [1.807, 2.05) is 49.4 Å². The number of aliphatic hydroxyl groups is 2. The van der Waals surface area contributed by atoms with Gasteiger partial charge in [-0.15, -0.1) is 0 Å². The number of aliphatic hydroxyl groups excluding tert-OH is 2. The molecule has 0 saturated carbocycles. The highest BCUT2D eigenvalue weighted by Crippen LogP contribution is 2.33. The summed E-state index contributed by atoms with van der Waals surface area (Å²) in [5.41, 5.74) is 2.59. The zero-order valence-corrected chi connectivity index (χ0v) is 15.3. The van der Waals surface area contributed by atoms with Crippen molar-refractivity contribution in [3.8, 4) is 0 Å². The van der Waals surface area contributed by atoms with E-state index >= 15 is 0 Å². The van der Waals surface area contributed by atoms with Crippen molar-refractivity contribution < 1.29 is 15.0 Å². The molecule has 0 aromatic heterocycles. The summed E-state index contributed by atoms with van der Waals surface area (Å²) in [4.78, 5) is 14.6. The minimum atomic E-state index is -0.389. The smallest absolute Gasteiger partial charge is 0.259 e. The highest BCUT2D eigenvalue weighted by atomic mass is 16.3. The summed E-state index contributed by atoms with van der Waals surface area (Å²) in [7, 11) is 0. The van der Waals surface area contributed by atoms with Gasteiger partial charge in [0.25, 0.3) is 5.91 Å². The Morgan fingerprint density at radius 1 is 1.15 bits per heavy atom. The summed E-state index contributed by atoms with van der Waals surface area (Å²) in [6, 6.07) is 17.0. The molecule has 2 aromatic rings. The summed E-state index contributed by atoms with van der Waals surface area (Å²) >= 11 is 0. The molecule has 0 radical (unpaired) electrons. The van der Waals surface area contributed by atoms with Gasteiger partial charge in [0.15, 0.2) is 0 Å². The summed E-state index contributed by atoms with van der Waals surface area (Å²) in [6.45, 7) is 2.77. The largest absolute Gasteiger partial charge is 0.506 e. The minimum Gasteiger partial charge on any atom is -0.506 e. The first-order valence-corrected chi connectivity index (χ1v) is 9.01. The van der Waals surface area contributed by atoms with Crippen molar-refractivity contribution in [2.75, 3.05) is 19.7 Å². The van der Waals surface area contributed by atoms with Crippen molar-refractivity contribution in [3.63, 3.8) is 0 Å². The van der Waals surface area contributed by atoms with Crippen LogP contribution in [0, 0.1) is 18.3 Å². The third-order valence-electron chi connectivity index (χ3n) is 5.15. The Kier molecular flexibility index (Phi) is 5.72. The van der Waals surface area contributed by atoms with E-state index in [0.717, 1.165) is 17.3 Å². The first-order valence-electron chi connectivity index (χ1n) is 9.01. The molecule has 3 rings (SSSR count). The molecule has 1 heterocycles. The fraction of sp³-hybridized carbons (Fsp3) is 0.273. The van der Waals surface area contributed by atoms with E-state index in [1.165, 1.54) is 0 Å². The fourth-order valence-corrected chi connectivity index (χ4v) is 3.57. The number of carbonyl (C=O) groups excluding carboxylic acids is 1. The van der Waals surface area contributed by atoms with E-state index < -0.39 is 0 Å². The maximum absolute atomic E-state index is 13.0. The van der Waals surface area contributed by atoms with Gasteiger partial charge in [0.2, 0.25) is 0 Å². The zero-order valence-electron chi connectivity index (χ0n) is 15.3. The summed E-state index contributed by atoms with van der Waals surface area (Å²) in [5, 5.41) is 27.9. The van der Waals surface area contributed by atoms with E-state index in [9.17, 15) is 15.0 Å². The van der Waals surface area contributed by atoms with Crippen LogP contribution in [0.3, 0.4) is 0 Å². The lowest BCUT2D eigenvalue weighted by Gasteiger charge is -2.18. The SMILES string of the molecule is Cc1ccc(/C(O)=C(/C=N)C(=O)N2CC(CO)C(c3ccccc3)C2)cc1. The minimum absolute atomic E-state index is 0.0169. The first-order chi connectivity index (χ1) is 13.0. The Bertz CT molecular complexity index is 844. The highest BCUT2D eigenvalue weighted by molar-refractivity contribution is 6.16. The lowest BCUT2D eigenvalue weighted by molar-refractivity contribution is -0.125. The molecule has 1 fully saturated rings. The van der Waals surface area contributed by atoms with Gasteiger partial charge < -0.3 is 20.5 Å². The van der Waals surface area contributed by atoms with Gasteiger partial charge in [-0.2, -0.15) is 0 Å². The van der Waals surface area contributed by atoms with Crippen LogP contribution in [0.25, 0.3) is 5.76 Å². The quantitative estimate of drug-likeness (QED) is 0.433. The molecule has 3 N–H and O–H groups in total. The second-order valence-corrected chi connectivity index (χ2v) is 6.94. The molecule has 140 valence electrons. The van der Waals surface area contributed by atoms with E-state index in [4.69, 9.17) is 5.41 Å². The number of nitrogens with zero attached hydrogens (tertiary/aromatic N) is 1. The standard InChI is InChI=1S/C22H24N2O3/c1-15-7-9-17(10-8-15)21(26)19(11-23)22(27)24-12-18(14-25)20(13-24)16-5-3-2-4-6-16/h2-11,18,20,23,25-26H,12-14H2,1H3/b21-19+,23-11?. The van der Waals surface area contributed by atoms with Crippen LogP contribution in [0.5, 0.6) is 0 Å². The van der Waals surface area contributed by atoms with Gasteiger partial charge in [-0.3, -0.25) is 4.79 Å². The van der Waals surface area contributed by atoms with Gasteiger partial charge in [-0.1, -0.05) is 60.2 Å². The molecule has 5 nitrogen and oxygen atoms in total. The third kappa shape index (κ3) is 3.93. The number of hydrogen-bond acceptors (Lipinski definition) is 4. The Hall–Kier alpha value is -2.92. The number of hydrogen-bond donors (Lipinski definition) is 3. The van der Waals surface area contributed by atoms with Crippen LogP contribution < -0.4 is 0 Å². The van der Waals surface area contributed by atoms with Crippen molar-refractivity contribution in [3.05, 3.63) is 76.9 Å². The molecule has 1 saturated heterocycles.